The molecule has 0 radical (unpaired) electrons. The number of anilines is 1. The Bertz CT molecular complexity index is 886. The Morgan fingerprint density at radius 3 is 2.50 bits per heavy atom. The number of hydrogen-bond donors (Lipinski definition) is 1. The first-order valence-corrected chi connectivity index (χ1v) is 12.5. The van der Waals surface area contributed by atoms with E-state index in [9.17, 15) is 5.11 Å². The Labute approximate surface area is 168 Å². The van der Waals surface area contributed by atoms with E-state index in [4.69, 9.17) is 4.52 Å². The predicted molar refractivity (Wildman–Crippen MR) is 117 cm³/mol. The van der Waals surface area contributed by atoms with E-state index in [2.05, 4.69) is 69.4 Å². The summed E-state index contributed by atoms with van der Waals surface area (Å²) in [5.74, 6) is 1.23. The summed E-state index contributed by atoms with van der Waals surface area (Å²) in [6.45, 7) is 1.36. The zero-order valence-corrected chi connectivity index (χ0v) is 17.3. The van der Waals surface area contributed by atoms with Gasteiger partial charge >= 0.3 is 0 Å². The first-order chi connectivity index (χ1) is 12.8. The van der Waals surface area contributed by atoms with E-state index < -0.39 is 0 Å². The largest absolute Gasteiger partial charge is 0.508 e. The van der Waals surface area contributed by atoms with Gasteiger partial charge < -0.3 is 14.5 Å². The molecule has 4 rings (SSSR count). The van der Waals surface area contributed by atoms with Crippen molar-refractivity contribution in [1.29, 1.82) is 0 Å². The second kappa shape index (κ2) is 7.85. The van der Waals surface area contributed by atoms with Crippen molar-refractivity contribution >= 4 is 34.2 Å². The fourth-order valence-electron chi connectivity index (χ4n) is 3.63. The van der Waals surface area contributed by atoms with E-state index in [1.165, 1.54) is 22.4 Å². The van der Waals surface area contributed by atoms with E-state index in [0.717, 1.165) is 18.7 Å². The molecule has 1 heterocycles. The van der Waals surface area contributed by atoms with Gasteiger partial charge in [0.05, 0.1) is 6.04 Å². The normalized spacial score (nSPS) is 16.7. The Kier molecular flexibility index (Phi) is 5.32. The van der Waals surface area contributed by atoms with E-state index >= 15 is 0 Å². The number of aromatic hydroxyl groups is 1. The van der Waals surface area contributed by atoms with Gasteiger partial charge in [-0.3, -0.25) is 0 Å². The SMILES string of the molecule is Oc1ccc(C2c3ccc(OPI)cc3CCN2c2ccccc2)cc1. The molecule has 0 fully saturated rings. The van der Waals surface area contributed by atoms with Gasteiger partial charge in [-0.05, 0) is 81.6 Å². The summed E-state index contributed by atoms with van der Waals surface area (Å²) in [5, 5.41) is 9.70. The molecule has 2 atom stereocenters. The number of benzene rings is 3. The molecule has 26 heavy (non-hydrogen) atoms. The fraction of sp³-hybridized carbons (Fsp3) is 0.143. The lowest BCUT2D eigenvalue weighted by Gasteiger charge is -2.39. The smallest absolute Gasteiger partial charge is 0.137 e. The molecule has 1 aliphatic rings. The summed E-state index contributed by atoms with van der Waals surface area (Å²) in [5.41, 5.74) is 5.03. The highest BCUT2D eigenvalue weighted by Gasteiger charge is 2.29. The third-order valence-electron chi connectivity index (χ3n) is 4.80. The van der Waals surface area contributed by atoms with Crippen LogP contribution in [0.15, 0.2) is 72.8 Å². The fourth-order valence-corrected chi connectivity index (χ4v) is 4.60. The monoisotopic (exact) mass is 475 g/mol. The number of halogens is 1. The molecule has 0 bridgehead atoms. The molecule has 3 aromatic carbocycles. The average Bonchev–Trinajstić information content (AvgIpc) is 2.69. The molecule has 132 valence electrons. The Hall–Kier alpha value is -1.78. The Balaban J connectivity index is 1.81. The number of phenols is 1. The van der Waals surface area contributed by atoms with Crippen molar-refractivity contribution in [3.05, 3.63) is 89.5 Å². The van der Waals surface area contributed by atoms with Gasteiger partial charge in [0.1, 0.15) is 17.9 Å². The van der Waals surface area contributed by atoms with E-state index in [-0.39, 0.29) is 6.04 Å². The molecule has 3 nitrogen and oxygen atoms in total. The van der Waals surface area contributed by atoms with Crippen LogP contribution in [0.1, 0.15) is 22.7 Å². The van der Waals surface area contributed by atoms with Crippen molar-refractivity contribution < 1.29 is 9.63 Å². The summed E-state index contributed by atoms with van der Waals surface area (Å²) >= 11 is 2.25. The lowest BCUT2D eigenvalue weighted by atomic mass is 9.87. The zero-order valence-electron chi connectivity index (χ0n) is 14.1. The van der Waals surface area contributed by atoms with Crippen LogP contribution in [0, 0.1) is 0 Å². The van der Waals surface area contributed by atoms with Gasteiger partial charge in [-0.1, -0.05) is 36.4 Å². The molecule has 0 aliphatic carbocycles. The standard InChI is InChI=1S/C21H19INO2P/c22-26-25-19-10-11-20-16(14-19)12-13-23(17-4-2-1-3-5-17)21(20)15-6-8-18(24)9-7-15/h1-11,14,21,24,26H,12-13H2. The van der Waals surface area contributed by atoms with Crippen LogP contribution in [0.3, 0.4) is 0 Å². The number of para-hydroxylation sites is 1. The molecule has 0 amide bonds. The average molecular weight is 475 g/mol. The van der Waals surface area contributed by atoms with Crippen LogP contribution in [0.25, 0.3) is 0 Å². The molecule has 0 aromatic heterocycles. The molecule has 2 unspecified atom stereocenters. The van der Waals surface area contributed by atoms with E-state index in [1.807, 2.05) is 18.2 Å². The van der Waals surface area contributed by atoms with Crippen molar-refractivity contribution in [2.75, 3.05) is 11.4 Å². The highest BCUT2D eigenvalue weighted by Crippen LogP contribution is 2.40. The van der Waals surface area contributed by atoms with Gasteiger partial charge in [-0.2, -0.15) is 0 Å². The quantitative estimate of drug-likeness (QED) is 0.379. The Morgan fingerprint density at radius 1 is 1.00 bits per heavy atom. The molecule has 5 heteroatoms. The minimum atomic E-state index is 0.123. The van der Waals surface area contributed by atoms with Crippen LogP contribution in [-0.4, -0.2) is 11.7 Å². The van der Waals surface area contributed by atoms with Crippen LogP contribution in [0.2, 0.25) is 0 Å². The molecule has 0 spiro atoms. The van der Waals surface area contributed by atoms with Crippen molar-refractivity contribution in [1.82, 2.24) is 0 Å². The van der Waals surface area contributed by atoms with Gasteiger partial charge in [0.25, 0.3) is 0 Å². The number of hydrogen-bond acceptors (Lipinski definition) is 3. The van der Waals surface area contributed by atoms with Crippen molar-refractivity contribution in [2.24, 2.45) is 0 Å². The maximum absolute atomic E-state index is 9.70. The van der Waals surface area contributed by atoms with Gasteiger partial charge in [0, 0.05) is 12.2 Å². The topological polar surface area (TPSA) is 32.7 Å². The Morgan fingerprint density at radius 2 is 1.77 bits per heavy atom. The van der Waals surface area contributed by atoms with Crippen molar-refractivity contribution in [2.45, 2.75) is 12.5 Å². The lowest BCUT2D eigenvalue weighted by Crippen LogP contribution is -2.36. The summed E-state index contributed by atoms with van der Waals surface area (Å²) < 4.78 is 5.71. The van der Waals surface area contributed by atoms with E-state index in [1.54, 1.807) is 12.1 Å². The van der Waals surface area contributed by atoms with Crippen LogP contribution in [-0.2, 0) is 6.42 Å². The highest BCUT2D eigenvalue weighted by molar-refractivity contribution is 14.2. The number of fused-ring (bicyclic) bond motifs is 1. The lowest BCUT2D eigenvalue weighted by molar-refractivity contribution is 0.475. The van der Waals surface area contributed by atoms with Gasteiger partial charge in [0.15, 0.2) is 0 Å². The summed E-state index contributed by atoms with van der Waals surface area (Å²) in [4.78, 5) is 2.44. The van der Waals surface area contributed by atoms with E-state index in [0.29, 0.717) is 12.2 Å². The molecule has 1 aliphatic heterocycles. The first kappa shape index (κ1) is 17.6. The van der Waals surface area contributed by atoms with Crippen molar-refractivity contribution in [3.63, 3.8) is 0 Å². The maximum Gasteiger partial charge on any atom is 0.137 e. The van der Waals surface area contributed by atoms with Gasteiger partial charge in [-0.25, -0.2) is 0 Å². The second-order valence-corrected chi connectivity index (χ2v) is 7.99. The van der Waals surface area contributed by atoms with Gasteiger partial charge in [-0.15, -0.1) is 0 Å². The molecule has 3 aromatic rings. The van der Waals surface area contributed by atoms with Crippen molar-refractivity contribution in [3.8, 4) is 11.5 Å². The molecule has 0 saturated carbocycles. The third-order valence-corrected chi connectivity index (χ3v) is 5.77. The summed E-state index contributed by atoms with van der Waals surface area (Å²) in [6.07, 6.45) is 0.986. The molecule has 0 saturated heterocycles. The summed E-state index contributed by atoms with van der Waals surface area (Å²) in [6, 6.07) is 24.6. The number of rotatable bonds is 4. The van der Waals surface area contributed by atoms with Gasteiger partial charge in [0.2, 0.25) is 0 Å². The highest BCUT2D eigenvalue weighted by atomic mass is 127. The number of phenolic OH excluding ortho intramolecular Hbond substituents is 1. The third kappa shape index (κ3) is 3.53. The van der Waals surface area contributed by atoms with Crippen LogP contribution in [0.5, 0.6) is 11.5 Å². The molecular weight excluding hydrogens is 456 g/mol. The number of nitrogens with zero attached hydrogens (tertiary/aromatic N) is 1. The van der Waals surface area contributed by atoms with Crippen LogP contribution in [0.4, 0.5) is 5.69 Å². The molecular formula is C21H19INO2P. The molecule has 1 N–H and O–H groups in total. The zero-order chi connectivity index (χ0) is 17.9. The van der Waals surface area contributed by atoms with Crippen LogP contribution >= 0.6 is 28.5 Å². The summed E-state index contributed by atoms with van der Waals surface area (Å²) in [7, 11) is 0. The minimum Gasteiger partial charge on any atom is -0.508 e. The maximum atomic E-state index is 9.70. The predicted octanol–water partition coefficient (Wildman–Crippen LogP) is 5.87. The minimum absolute atomic E-state index is 0.123. The second-order valence-electron chi connectivity index (χ2n) is 6.31. The van der Waals surface area contributed by atoms with Crippen LogP contribution < -0.4 is 9.42 Å². The first-order valence-electron chi connectivity index (χ1n) is 8.52.